The summed E-state index contributed by atoms with van der Waals surface area (Å²) in [6, 6.07) is 8.61. The van der Waals surface area contributed by atoms with E-state index in [1.54, 1.807) is 32.4 Å². The second-order valence-corrected chi connectivity index (χ2v) is 5.83. The molecule has 0 spiro atoms. The Bertz CT molecular complexity index is 992. The summed E-state index contributed by atoms with van der Waals surface area (Å²) in [5.41, 5.74) is 3.58. The number of carbonyl (C=O) groups is 1. The lowest BCUT2D eigenvalue weighted by molar-refractivity contribution is 0.0693. The molecule has 0 fully saturated rings. The standard InChI is InChI=1S/C20H19NO6/c1-11-7-13(9-17(25-3)19(11)26-4)18-15(10-27-21-18)12-5-6-16(24-2)14(8-12)20(22)23/h5-10H,1-4H3,(H,22,23). The predicted molar refractivity (Wildman–Crippen MR) is 98.7 cm³/mol. The summed E-state index contributed by atoms with van der Waals surface area (Å²) >= 11 is 0. The number of benzene rings is 2. The summed E-state index contributed by atoms with van der Waals surface area (Å²) in [7, 11) is 4.57. The average molecular weight is 369 g/mol. The van der Waals surface area contributed by atoms with Crippen LogP contribution in [0.3, 0.4) is 0 Å². The molecule has 3 rings (SSSR count). The minimum Gasteiger partial charge on any atom is -0.496 e. The van der Waals surface area contributed by atoms with E-state index < -0.39 is 5.97 Å². The van der Waals surface area contributed by atoms with Gasteiger partial charge in [-0.1, -0.05) is 11.2 Å². The molecule has 140 valence electrons. The number of aryl methyl sites for hydroxylation is 1. The molecular formula is C20H19NO6. The Morgan fingerprint density at radius 2 is 1.74 bits per heavy atom. The molecule has 0 amide bonds. The molecule has 27 heavy (non-hydrogen) atoms. The minimum absolute atomic E-state index is 0.0608. The third-order valence-electron chi connectivity index (χ3n) is 4.25. The van der Waals surface area contributed by atoms with Gasteiger partial charge in [0.1, 0.15) is 23.3 Å². The van der Waals surface area contributed by atoms with E-state index in [-0.39, 0.29) is 11.3 Å². The second-order valence-electron chi connectivity index (χ2n) is 5.83. The average Bonchev–Trinajstić information content (AvgIpc) is 3.16. The van der Waals surface area contributed by atoms with Gasteiger partial charge in [0.2, 0.25) is 0 Å². The first-order chi connectivity index (χ1) is 13.0. The predicted octanol–water partition coefficient (Wildman–Crippen LogP) is 4.04. The van der Waals surface area contributed by atoms with Crippen LogP contribution >= 0.6 is 0 Å². The van der Waals surface area contributed by atoms with Crippen LogP contribution in [0, 0.1) is 6.92 Å². The fourth-order valence-electron chi connectivity index (χ4n) is 2.98. The molecule has 0 bridgehead atoms. The number of rotatable bonds is 6. The molecule has 1 N–H and O–H groups in total. The van der Waals surface area contributed by atoms with Gasteiger partial charge < -0.3 is 23.8 Å². The Labute approximate surface area is 156 Å². The maximum Gasteiger partial charge on any atom is 0.339 e. The fourth-order valence-corrected chi connectivity index (χ4v) is 2.98. The SMILES string of the molecule is COc1ccc(-c2conc2-c2cc(C)c(OC)c(OC)c2)cc1C(=O)O. The normalized spacial score (nSPS) is 10.5. The molecule has 0 aliphatic carbocycles. The lowest BCUT2D eigenvalue weighted by atomic mass is 9.98. The number of hydrogen-bond donors (Lipinski definition) is 1. The van der Waals surface area contributed by atoms with Gasteiger partial charge in [0.05, 0.1) is 21.3 Å². The first-order valence-electron chi connectivity index (χ1n) is 8.09. The van der Waals surface area contributed by atoms with Crippen molar-refractivity contribution in [3.8, 4) is 39.6 Å². The second kappa shape index (κ2) is 7.41. The Hall–Kier alpha value is -3.48. The van der Waals surface area contributed by atoms with Crippen molar-refractivity contribution in [1.82, 2.24) is 5.16 Å². The minimum atomic E-state index is -1.08. The van der Waals surface area contributed by atoms with Gasteiger partial charge in [0, 0.05) is 11.1 Å². The van der Waals surface area contributed by atoms with E-state index in [1.807, 2.05) is 13.0 Å². The van der Waals surface area contributed by atoms with E-state index in [4.69, 9.17) is 18.7 Å². The Morgan fingerprint density at radius 1 is 1.00 bits per heavy atom. The molecule has 0 aliphatic rings. The highest BCUT2D eigenvalue weighted by Gasteiger charge is 2.19. The number of nitrogens with zero attached hydrogens (tertiary/aromatic N) is 1. The Morgan fingerprint density at radius 3 is 2.37 bits per heavy atom. The Kier molecular flexibility index (Phi) is 5.03. The van der Waals surface area contributed by atoms with E-state index in [0.29, 0.717) is 28.3 Å². The van der Waals surface area contributed by atoms with Gasteiger partial charge >= 0.3 is 5.97 Å². The van der Waals surface area contributed by atoms with Crippen molar-refractivity contribution in [2.45, 2.75) is 6.92 Å². The fraction of sp³-hybridized carbons (Fsp3) is 0.200. The van der Waals surface area contributed by atoms with Crippen molar-refractivity contribution in [2.75, 3.05) is 21.3 Å². The summed E-state index contributed by atoms with van der Waals surface area (Å²) in [5.74, 6) is 0.422. The molecule has 2 aromatic carbocycles. The lowest BCUT2D eigenvalue weighted by Gasteiger charge is -2.13. The van der Waals surface area contributed by atoms with E-state index in [2.05, 4.69) is 5.16 Å². The van der Waals surface area contributed by atoms with Crippen LogP contribution in [0.1, 0.15) is 15.9 Å². The van der Waals surface area contributed by atoms with E-state index >= 15 is 0 Å². The number of methoxy groups -OCH3 is 3. The number of carboxylic acids is 1. The number of aromatic carboxylic acids is 1. The van der Waals surface area contributed by atoms with Gasteiger partial charge in [-0.3, -0.25) is 0 Å². The molecule has 7 heteroatoms. The van der Waals surface area contributed by atoms with Gasteiger partial charge in [-0.15, -0.1) is 0 Å². The van der Waals surface area contributed by atoms with Crippen molar-refractivity contribution in [1.29, 1.82) is 0 Å². The van der Waals surface area contributed by atoms with Crippen LogP contribution in [0.4, 0.5) is 0 Å². The van der Waals surface area contributed by atoms with Crippen LogP contribution < -0.4 is 14.2 Å². The number of hydrogen-bond acceptors (Lipinski definition) is 6. The Balaban J connectivity index is 2.14. The molecule has 0 saturated heterocycles. The molecule has 1 heterocycles. The smallest absolute Gasteiger partial charge is 0.339 e. The number of ether oxygens (including phenoxy) is 3. The molecule has 7 nitrogen and oxygen atoms in total. The van der Waals surface area contributed by atoms with Crippen LogP contribution in [0.25, 0.3) is 22.4 Å². The largest absolute Gasteiger partial charge is 0.496 e. The van der Waals surface area contributed by atoms with E-state index in [9.17, 15) is 9.90 Å². The summed E-state index contributed by atoms with van der Waals surface area (Å²) in [5, 5.41) is 13.5. The first-order valence-corrected chi connectivity index (χ1v) is 8.09. The quantitative estimate of drug-likeness (QED) is 0.701. The van der Waals surface area contributed by atoms with E-state index in [1.165, 1.54) is 19.4 Å². The zero-order chi connectivity index (χ0) is 19.6. The molecule has 1 aromatic heterocycles. The number of aromatic nitrogens is 1. The van der Waals surface area contributed by atoms with Gasteiger partial charge in [-0.25, -0.2) is 4.79 Å². The first kappa shape index (κ1) is 18.3. The van der Waals surface area contributed by atoms with Crippen molar-refractivity contribution in [3.63, 3.8) is 0 Å². The number of carboxylic acid groups (broad SMARTS) is 1. The maximum absolute atomic E-state index is 11.5. The molecule has 0 unspecified atom stereocenters. The van der Waals surface area contributed by atoms with Crippen LogP contribution in [0.15, 0.2) is 41.1 Å². The molecular weight excluding hydrogens is 350 g/mol. The van der Waals surface area contributed by atoms with Gasteiger partial charge in [0.25, 0.3) is 0 Å². The molecule has 0 radical (unpaired) electrons. The maximum atomic E-state index is 11.5. The summed E-state index contributed by atoms with van der Waals surface area (Å²) in [6.07, 6.45) is 1.48. The van der Waals surface area contributed by atoms with Crippen molar-refractivity contribution in [3.05, 3.63) is 47.7 Å². The van der Waals surface area contributed by atoms with Crippen LogP contribution in [-0.2, 0) is 0 Å². The monoisotopic (exact) mass is 369 g/mol. The van der Waals surface area contributed by atoms with Crippen LogP contribution in [0.5, 0.6) is 17.2 Å². The van der Waals surface area contributed by atoms with Crippen LogP contribution in [-0.4, -0.2) is 37.6 Å². The van der Waals surface area contributed by atoms with Crippen LogP contribution in [0.2, 0.25) is 0 Å². The lowest BCUT2D eigenvalue weighted by Crippen LogP contribution is -2.00. The zero-order valence-electron chi connectivity index (χ0n) is 15.4. The highest BCUT2D eigenvalue weighted by molar-refractivity contribution is 5.93. The third kappa shape index (κ3) is 3.31. The highest BCUT2D eigenvalue weighted by atomic mass is 16.5. The van der Waals surface area contributed by atoms with E-state index in [0.717, 1.165) is 11.1 Å². The molecule has 0 saturated carbocycles. The molecule has 0 aliphatic heterocycles. The topological polar surface area (TPSA) is 91.0 Å². The molecule has 0 atom stereocenters. The molecule has 3 aromatic rings. The van der Waals surface area contributed by atoms with Crippen molar-refractivity contribution >= 4 is 5.97 Å². The van der Waals surface area contributed by atoms with Gasteiger partial charge in [-0.05, 0) is 42.3 Å². The highest BCUT2D eigenvalue weighted by Crippen LogP contribution is 2.39. The summed E-state index contributed by atoms with van der Waals surface area (Å²) in [4.78, 5) is 11.5. The van der Waals surface area contributed by atoms with Gasteiger partial charge in [-0.2, -0.15) is 0 Å². The summed E-state index contributed by atoms with van der Waals surface area (Å²) < 4.78 is 21.1. The van der Waals surface area contributed by atoms with Crippen molar-refractivity contribution < 1.29 is 28.6 Å². The van der Waals surface area contributed by atoms with Gasteiger partial charge in [0.15, 0.2) is 11.5 Å². The summed E-state index contributed by atoms with van der Waals surface area (Å²) in [6.45, 7) is 1.90. The zero-order valence-corrected chi connectivity index (χ0v) is 15.4. The third-order valence-corrected chi connectivity index (χ3v) is 4.25. The van der Waals surface area contributed by atoms with Crippen molar-refractivity contribution in [2.24, 2.45) is 0 Å².